The van der Waals surface area contributed by atoms with E-state index in [2.05, 4.69) is 10.6 Å². The van der Waals surface area contributed by atoms with E-state index in [4.69, 9.17) is 5.11 Å². The van der Waals surface area contributed by atoms with Gasteiger partial charge in [0.1, 0.15) is 0 Å². The van der Waals surface area contributed by atoms with Crippen LogP contribution in [-0.2, 0) is 9.59 Å². The number of anilines is 1. The number of hydrogen-bond donors (Lipinski definition) is 3. The molecule has 3 N–H and O–H groups in total. The van der Waals surface area contributed by atoms with Crippen molar-refractivity contribution < 1.29 is 19.5 Å². The Bertz CT molecular complexity index is 488. The van der Waals surface area contributed by atoms with Gasteiger partial charge in [-0.1, -0.05) is 0 Å². The van der Waals surface area contributed by atoms with E-state index in [-0.39, 0.29) is 23.3 Å². The average Bonchev–Trinajstić information content (AvgIpc) is 2.39. The van der Waals surface area contributed by atoms with Crippen molar-refractivity contribution >= 4 is 35.2 Å². The number of rotatable bonds is 7. The molecule has 0 spiro atoms. The molecule has 0 saturated heterocycles. The van der Waals surface area contributed by atoms with Crippen LogP contribution in [0.3, 0.4) is 0 Å². The molecule has 0 saturated carbocycles. The summed E-state index contributed by atoms with van der Waals surface area (Å²) in [4.78, 5) is 33.3. The second kappa shape index (κ2) is 8.21. The Morgan fingerprint density at radius 1 is 1.15 bits per heavy atom. The molecule has 108 valence electrons. The van der Waals surface area contributed by atoms with Gasteiger partial charge in [0.25, 0.3) is 5.91 Å². The maximum absolute atomic E-state index is 11.5. The van der Waals surface area contributed by atoms with Crippen LogP contribution in [0.1, 0.15) is 17.3 Å². The summed E-state index contributed by atoms with van der Waals surface area (Å²) in [5, 5.41) is 13.8. The van der Waals surface area contributed by atoms with Crippen molar-refractivity contribution in [1.29, 1.82) is 0 Å². The van der Waals surface area contributed by atoms with E-state index in [0.717, 1.165) is 11.8 Å². The smallest absolute Gasteiger partial charge is 0.313 e. The van der Waals surface area contributed by atoms with E-state index in [1.165, 1.54) is 0 Å². The molecule has 2 amide bonds. The molecule has 0 aliphatic carbocycles. The molecule has 0 unspecified atom stereocenters. The van der Waals surface area contributed by atoms with Gasteiger partial charge in [-0.2, -0.15) is 0 Å². The summed E-state index contributed by atoms with van der Waals surface area (Å²) in [5.74, 6) is -1.42. The molecule has 6 nitrogen and oxygen atoms in total. The molecule has 1 aromatic rings. The van der Waals surface area contributed by atoms with Gasteiger partial charge < -0.3 is 15.7 Å². The zero-order chi connectivity index (χ0) is 15.0. The molecule has 0 aliphatic rings. The number of carboxylic acid groups (broad SMARTS) is 1. The summed E-state index contributed by atoms with van der Waals surface area (Å²) in [6, 6.07) is 6.49. The fourth-order valence-electron chi connectivity index (χ4n) is 1.40. The monoisotopic (exact) mass is 296 g/mol. The molecule has 1 rings (SSSR count). The maximum Gasteiger partial charge on any atom is 0.313 e. The molecule has 0 fully saturated rings. The Kier molecular flexibility index (Phi) is 6.58. The Morgan fingerprint density at radius 2 is 1.80 bits per heavy atom. The van der Waals surface area contributed by atoms with Crippen LogP contribution in [0.25, 0.3) is 0 Å². The first-order chi connectivity index (χ1) is 9.52. The summed E-state index contributed by atoms with van der Waals surface area (Å²) >= 11 is 1.03. The van der Waals surface area contributed by atoms with Crippen molar-refractivity contribution in [3.63, 3.8) is 0 Å². The largest absolute Gasteiger partial charge is 0.481 e. The Labute approximate surface area is 120 Å². The van der Waals surface area contributed by atoms with Crippen molar-refractivity contribution in [2.24, 2.45) is 0 Å². The van der Waals surface area contributed by atoms with Crippen LogP contribution in [0.4, 0.5) is 5.69 Å². The number of carbonyl (C=O) groups excluding carboxylic acids is 2. The zero-order valence-corrected chi connectivity index (χ0v) is 11.8. The van der Waals surface area contributed by atoms with Gasteiger partial charge in [-0.3, -0.25) is 14.4 Å². The van der Waals surface area contributed by atoms with Gasteiger partial charge in [0, 0.05) is 17.8 Å². The van der Waals surface area contributed by atoms with Crippen molar-refractivity contribution in [2.75, 3.05) is 23.4 Å². The van der Waals surface area contributed by atoms with E-state index in [1.807, 2.05) is 6.92 Å². The zero-order valence-electron chi connectivity index (χ0n) is 11.0. The van der Waals surface area contributed by atoms with Crippen LogP contribution in [-0.4, -0.2) is 40.9 Å². The highest BCUT2D eigenvalue weighted by Gasteiger charge is 2.06. The van der Waals surface area contributed by atoms with E-state index in [1.54, 1.807) is 24.3 Å². The number of carboxylic acids is 1. The lowest BCUT2D eigenvalue weighted by Gasteiger charge is -2.06. The van der Waals surface area contributed by atoms with Gasteiger partial charge >= 0.3 is 5.97 Å². The van der Waals surface area contributed by atoms with Crippen molar-refractivity contribution in [1.82, 2.24) is 5.32 Å². The van der Waals surface area contributed by atoms with Crippen LogP contribution in [0.15, 0.2) is 24.3 Å². The molecule has 20 heavy (non-hydrogen) atoms. The minimum absolute atomic E-state index is 0.0738. The molecule has 0 aliphatic heterocycles. The highest BCUT2D eigenvalue weighted by Crippen LogP contribution is 2.10. The first-order valence-electron chi connectivity index (χ1n) is 6.00. The van der Waals surface area contributed by atoms with Gasteiger partial charge in [-0.15, -0.1) is 11.8 Å². The number of hydrogen-bond acceptors (Lipinski definition) is 4. The molecule has 0 atom stereocenters. The topological polar surface area (TPSA) is 95.5 Å². The van der Waals surface area contributed by atoms with Gasteiger partial charge in [0.05, 0.1) is 11.5 Å². The third kappa shape index (κ3) is 5.75. The third-order valence-electron chi connectivity index (χ3n) is 2.23. The summed E-state index contributed by atoms with van der Waals surface area (Å²) in [7, 11) is 0. The maximum atomic E-state index is 11.5. The number of amides is 2. The Hall–Kier alpha value is -2.02. The lowest BCUT2D eigenvalue weighted by Crippen LogP contribution is -2.22. The number of aliphatic carboxylic acids is 1. The van der Waals surface area contributed by atoms with Crippen LogP contribution < -0.4 is 10.6 Å². The minimum atomic E-state index is -0.950. The molecule has 0 radical (unpaired) electrons. The fraction of sp³-hybridized carbons (Fsp3) is 0.308. The number of carbonyl (C=O) groups is 3. The summed E-state index contributed by atoms with van der Waals surface area (Å²) in [6.45, 7) is 2.39. The van der Waals surface area contributed by atoms with Gasteiger partial charge in [0.2, 0.25) is 5.91 Å². The van der Waals surface area contributed by atoms with Crippen LogP contribution in [0.5, 0.6) is 0 Å². The third-order valence-corrected chi connectivity index (χ3v) is 3.14. The first-order valence-corrected chi connectivity index (χ1v) is 7.16. The minimum Gasteiger partial charge on any atom is -0.481 e. The molecule has 0 heterocycles. The number of nitrogens with one attached hydrogen (secondary N) is 2. The average molecular weight is 296 g/mol. The Morgan fingerprint density at radius 3 is 2.35 bits per heavy atom. The molecule has 7 heteroatoms. The van der Waals surface area contributed by atoms with E-state index in [0.29, 0.717) is 17.8 Å². The normalized spacial score (nSPS) is 9.85. The molecular weight excluding hydrogens is 280 g/mol. The van der Waals surface area contributed by atoms with E-state index >= 15 is 0 Å². The van der Waals surface area contributed by atoms with Crippen LogP contribution in [0, 0.1) is 0 Å². The highest BCUT2D eigenvalue weighted by atomic mass is 32.2. The lowest BCUT2D eigenvalue weighted by atomic mass is 10.2. The van der Waals surface area contributed by atoms with Crippen LogP contribution >= 0.6 is 11.8 Å². The Balaban J connectivity index is 2.46. The van der Waals surface area contributed by atoms with Gasteiger partial charge in [0.15, 0.2) is 0 Å². The second-order valence-electron chi connectivity index (χ2n) is 3.87. The molecule has 0 bridgehead atoms. The fourth-order valence-corrected chi connectivity index (χ4v) is 1.93. The summed E-state index contributed by atoms with van der Waals surface area (Å²) in [5.41, 5.74) is 1.09. The summed E-state index contributed by atoms with van der Waals surface area (Å²) in [6.07, 6.45) is 0. The van der Waals surface area contributed by atoms with Crippen LogP contribution in [0.2, 0.25) is 0 Å². The summed E-state index contributed by atoms with van der Waals surface area (Å²) < 4.78 is 0. The molecular formula is C13H16N2O4S. The number of thioether (sulfide) groups is 1. The number of benzene rings is 1. The predicted molar refractivity (Wildman–Crippen MR) is 78.0 cm³/mol. The molecule has 1 aromatic carbocycles. The standard InChI is InChI=1S/C13H16N2O4S/c1-2-14-13(19)9-3-5-10(6-4-9)15-11(16)7-20-8-12(17)18/h3-6H,2,7-8H2,1H3,(H,14,19)(H,15,16)(H,17,18). The van der Waals surface area contributed by atoms with Crippen molar-refractivity contribution in [3.8, 4) is 0 Å². The quantitative estimate of drug-likeness (QED) is 0.702. The van der Waals surface area contributed by atoms with Crippen molar-refractivity contribution in [2.45, 2.75) is 6.92 Å². The van der Waals surface area contributed by atoms with E-state index < -0.39 is 5.97 Å². The van der Waals surface area contributed by atoms with E-state index in [9.17, 15) is 14.4 Å². The second-order valence-corrected chi connectivity index (χ2v) is 4.86. The highest BCUT2D eigenvalue weighted by molar-refractivity contribution is 8.00. The SMILES string of the molecule is CCNC(=O)c1ccc(NC(=O)CSCC(=O)O)cc1. The molecule has 0 aromatic heterocycles. The van der Waals surface area contributed by atoms with Gasteiger partial charge in [-0.25, -0.2) is 0 Å². The predicted octanol–water partition coefficient (Wildman–Crippen LogP) is 1.19. The first kappa shape index (κ1) is 16.0. The van der Waals surface area contributed by atoms with Crippen molar-refractivity contribution in [3.05, 3.63) is 29.8 Å². The van der Waals surface area contributed by atoms with Gasteiger partial charge in [-0.05, 0) is 31.2 Å². The lowest BCUT2D eigenvalue weighted by molar-refractivity contribution is -0.133.